The lowest BCUT2D eigenvalue weighted by molar-refractivity contribution is 0.0949. The number of nitriles is 1. The van der Waals surface area contributed by atoms with Gasteiger partial charge in [-0.1, -0.05) is 12.1 Å². The summed E-state index contributed by atoms with van der Waals surface area (Å²) >= 11 is 0. The van der Waals surface area contributed by atoms with Crippen LogP contribution >= 0.6 is 0 Å². The topological polar surface area (TPSA) is 151 Å². The van der Waals surface area contributed by atoms with Crippen molar-refractivity contribution in [2.45, 2.75) is 24.1 Å². The van der Waals surface area contributed by atoms with Crippen molar-refractivity contribution in [2.75, 3.05) is 12.9 Å². The zero-order valence-electron chi connectivity index (χ0n) is 18.1. The number of nitrogens with one attached hydrogen (secondary N) is 2. The Morgan fingerprint density at radius 1 is 1.36 bits per heavy atom. The third-order valence-corrected chi connectivity index (χ3v) is 8.06. The number of rotatable bonds is 7. The summed E-state index contributed by atoms with van der Waals surface area (Å²) in [6.45, 7) is 0.237. The largest absolute Gasteiger partial charge is 0.473 e. The van der Waals surface area contributed by atoms with Gasteiger partial charge in [-0.25, -0.2) is 4.21 Å². The molecule has 0 aliphatic heterocycles. The molecule has 1 saturated carbocycles. The zero-order chi connectivity index (χ0) is 23.8. The molecule has 1 aliphatic carbocycles. The second kappa shape index (κ2) is 8.29. The van der Waals surface area contributed by atoms with Crippen molar-refractivity contribution < 1.29 is 13.7 Å². The third kappa shape index (κ3) is 4.29. The van der Waals surface area contributed by atoms with E-state index in [-0.39, 0.29) is 24.6 Å². The summed E-state index contributed by atoms with van der Waals surface area (Å²) < 4.78 is 26.5. The minimum absolute atomic E-state index is 0.0423. The highest BCUT2D eigenvalue weighted by Gasteiger charge is 2.50. The lowest BCUT2D eigenvalue weighted by Crippen LogP contribution is -2.32. The van der Waals surface area contributed by atoms with Crippen LogP contribution in [0, 0.1) is 16.1 Å². The van der Waals surface area contributed by atoms with Gasteiger partial charge >= 0.3 is 0 Å². The number of benzene rings is 1. The van der Waals surface area contributed by atoms with Crippen LogP contribution in [0.4, 0.5) is 0 Å². The van der Waals surface area contributed by atoms with Gasteiger partial charge in [0.1, 0.15) is 17.7 Å². The Hall–Kier alpha value is -3.78. The second-order valence-corrected chi connectivity index (χ2v) is 10.7. The molecule has 11 heteroatoms. The molecule has 1 atom stereocenters. The van der Waals surface area contributed by atoms with Crippen LogP contribution in [0.1, 0.15) is 34.3 Å². The van der Waals surface area contributed by atoms with E-state index in [9.17, 15) is 13.8 Å². The Morgan fingerprint density at radius 3 is 2.67 bits per heavy atom. The highest BCUT2D eigenvalue weighted by molar-refractivity contribution is 7.93. The van der Waals surface area contributed by atoms with Crippen LogP contribution in [-0.4, -0.2) is 42.5 Å². The standard InChI is InChI=1S/C22H22N6O4S/c1-28-18-16(12-26-27-20(18)32-13-22(7-8-22)33(2,24)31)9-17(21(28)30)19(29)25-11-15-5-3-14(10-23)4-6-15/h3-6,9,12,24H,7-8,11,13H2,1-2H3,(H,25,29). The molecular weight excluding hydrogens is 444 g/mol. The first kappa shape index (κ1) is 22.4. The number of pyridine rings is 1. The SMILES string of the molecule is Cn1c(=O)c(C(=O)NCc2ccc(C#N)cc2)cc2cnnc(OCC3(S(C)(=N)=O)CC3)c21. The molecule has 1 unspecified atom stereocenters. The molecule has 1 aliphatic rings. The first-order valence-electron chi connectivity index (χ1n) is 10.1. The van der Waals surface area contributed by atoms with Crippen LogP contribution < -0.4 is 15.6 Å². The van der Waals surface area contributed by atoms with E-state index in [0.29, 0.717) is 29.3 Å². The molecule has 2 N–H and O–H groups in total. The van der Waals surface area contributed by atoms with Crippen molar-refractivity contribution in [1.29, 1.82) is 10.0 Å². The van der Waals surface area contributed by atoms with Crippen LogP contribution in [0.5, 0.6) is 5.88 Å². The molecule has 4 rings (SSSR count). The average molecular weight is 467 g/mol. The van der Waals surface area contributed by atoms with Gasteiger partial charge in [-0.05, 0) is 36.6 Å². The van der Waals surface area contributed by atoms with Crippen molar-refractivity contribution in [3.05, 3.63) is 63.6 Å². The predicted molar refractivity (Wildman–Crippen MR) is 121 cm³/mol. The molecule has 0 saturated heterocycles. The molecule has 170 valence electrons. The van der Waals surface area contributed by atoms with Crippen LogP contribution in [-0.2, 0) is 23.3 Å². The number of carbonyl (C=O) groups excluding carboxylic acids is 1. The second-order valence-electron chi connectivity index (χ2n) is 8.18. The Bertz CT molecular complexity index is 1450. The zero-order valence-corrected chi connectivity index (χ0v) is 18.9. The smallest absolute Gasteiger partial charge is 0.263 e. The van der Waals surface area contributed by atoms with E-state index in [1.807, 2.05) is 6.07 Å². The van der Waals surface area contributed by atoms with Gasteiger partial charge in [0.05, 0.1) is 32.3 Å². The van der Waals surface area contributed by atoms with E-state index in [0.717, 1.165) is 5.56 Å². The molecule has 0 spiro atoms. The number of fused-ring (bicyclic) bond motifs is 1. The highest BCUT2D eigenvalue weighted by Crippen LogP contribution is 2.43. The summed E-state index contributed by atoms with van der Waals surface area (Å²) in [5, 5.41) is 20.0. The molecule has 2 heterocycles. The third-order valence-electron chi connectivity index (χ3n) is 5.88. The van der Waals surface area contributed by atoms with Gasteiger partial charge in [0, 0.05) is 25.2 Å². The first-order valence-corrected chi connectivity index (χ1v) is 12.1. The molecule has 2 aromatic heterocycles. The Kier molecular flexibility index (Phi) is 5.63. The number of hydrogen-bond acceptors (Lipinski definition) is 8. The van der Waals surface area contributed by atoms with E-state index in [4.69, 9.17) is 14.8 Å². The number of ether oxygens (including phenoxy) is 1. The van der Waals surface area contributed by atoms with Crippen LogP contribution in [0.2, 0.25) is 0 Å². The van der Waals surface area contributed by atoms with Gasteiger partial charge < -0.3 is 14.6 Å². The van der Waals surface area contributed by atoms with Crippen LogP contribution in [0.3, 0.4) is 0 Å². The number of aromatic nitrogens is 3. The monoisotopic (exact) mass is 466 g/mol. The van der Waals surface area contributed by atoms with E-state index in [2.05, 4.69) is 15.5 Å². The van der Waals surface area contributed by atoms with Gasteiger partial charge in [0.2, 0.25) is 0 Å². The Balaban J connectivity index is 1.58. The highest BCUT2D eigenvalue weighted by atomic mass is 32.2. The van der Waals surface area contributed by atoms with E-state index in [1.165, 1.54) is 30.1 Å². The first-order chi connectivity index (χ1) is 15.6. The number of hydrogen-bond donors (Lipinski definition) is 2. The fourth-order valence-corrected chi connectivity index (χ4v) is 4.70. The molecule has 0 radical (unpaired) electrons. The summed E-state index contributed by atoms with van der Waals surface area (Å²) in [6, 6.07) is 10.2. The van der Waals surface area contributed by atoms with E-state index in [1.54, 1.807) is 24.3 Å². The van der Waals surface area contributed by atoms with Gasteiger partial charge in [-0.2, -0.15) is 10.4 Å². The van der Waals surface area contributed by atoms with Crippen molar-refractivity contribution >= 4 is 26.5 Å². The maximum atomic E-state index is 12.9. The van der Waals surface area contributed by atoms with E-state index < -0.39 is 25.9 Å². The van der Waals surface area contributed by atoms with E-state index >= 15 is 0 Å². The fraction of sp³-hybridized carbons (Fsp3) is 0.318. The summed E-state index contributed by atoms with van der Waals surface area (Å²) in [6.07, 6.45) is 4.09. The summed E-state index contributed by atoms with van der Waals surface area (Å²) in [5.74, 6) is -0.454. The number of aryl methyl sites for hydroxylation is 1. The molecule has 3 aromatic rings. The molecule has 0 bridgehead atoms. The molecule has 1 fully saturated rings. The van der Waals surface area contributed by atoms with Gasteiger partial charge in [-0.3, -0.25) is 14.4 Å². The van der Waals surface area contributed by atoms with Gasteiger partial charge in [0.25, 0.3) is 17.3 Å². The average Bonchev–Trinajstić information content (AvgIpc) is 3.60. The summed E-state index contributed by atoms with van der Waals surface area (Å²) in [5.41, 5.74) is 1.08. The minimum atomic E-state index is -2.79. The number of amides is 1. The van der Waals surface area contributed by atoms with Gasteiger partial charge in [0.15, 0.2) is 0 Å². The van der Waals surface area contributed by atoms with Crippen molar-refractivity contribution in [3.63, 3.8) is 0 Å². The number of carbonyl (C=O) groups is 1. The molecule has 1 aromatic carbocycles. The van der Waals surface area contributed by atoms with Crippen LogP contribution in [0.25, 0.3) is 10.9 Å². The van der Waals surface area contributed by atoms with Gasteiger partial charge in [-0.15, -0.1) is 5.10 Å². The molecular formula is C22H22N6O4S. The number of nitrogens with zero attached hydrogens (tertiary/aromatic N) is 4. The molecule has 1 amide bonds. The molecule has 10 nitrogen and oxygen atoms in total. The summed E-state index contributed by atoms with van der Waals surface area (Å²) in [7, 11) is -1.28. The maximum absolute atomic E-state index is 12.9. The lowest BCUT2D eigenvalue weighted by Gasteiger charge is -2.17. The normalized spacial score (nSPS) is 15.9. The Morgan fingerprint density at radius 2 is 2.06 bits per heavy atom. The van der Waals surface area contributed by atoms with Crippen molar-refractivity contribution in [3.8, 4) is 11.9 Å². The molecule has 33 heavy (non-hydrogen) atoms. The Labute approximate surface area is 190 Å². The lowest BCUT2D eigenvalue weighted by atomic mass is 10.1. The maximum Gasteiger partial charge on any atom is 0.263 e. The van der Waals surface area contributed by atoms with Crippen molar-refractivity contribution in [1.82, 2.24) is 20.1 Å². The van der Waals surface area contributed by atoms with Crippen LogP contribution in [0.15, 0.2) is 41.3 Å². The predicted octanol–water partition coefficient (Wildman–Crippen LogP) is 1.72. The summed E-state index contributed by atoms with van der Waals surface area (Å²) in [4.78, 5) is 25.7. The minimum Gasteiger partial charge on any atom is -0.473 e. The van der Waals surface area contributed by atoms with Crippen molar-refractivity contribution in [2.24, 2.45) is 7.05 Å². The fourth-order valence-electron chi connectivity index (χ4n) is 3.54. The quantitative estimate of drug-likeness (QED) is 0.538.